The molecule has 124 valence electrons. The van der Waals surface area contributed by atoms with Crippen molar-refractivity contribution in [2.75, 3.05) is 5.32 Å². The highest BCUT2D eigenvalue weighted by atomic mass is 16.2. The Kier molecular flexibility index (Phi) is 4.55. The van der Waals surface area contributed by atoms with Crippen LogP contribution in [0.15, 0.2) is 24.3 Å². The molecule has 0 spiro atoms. The number of amides is 2. The fourth-order valence-corrected chi connectivity index (χ4v) is 3.44. The fraction of sp³-hybridized carbons (Fsp3) is 0.556. The lowest BCUT2D eigenvalue weighted by atomic mass is 9.89. The van der Waals surface area contributed by atoms with Crippen LogP contribution in [0.3, 0.4) is 0 Å². The average molecular weight is 315 g/mol. The maximum Gasteiger partial charge on any atom is 0.276 e. The lowest BCUT2D eigenvalue weighted by Crippen LogP contribution is -2.60. The summed E-state index contributed by atoms with van der Waals surface area (Å²) in [6.07, 6.45) is 5.01. The van der Waals surface area contributed by atoms with E-state index in [9.17, 15) is 9.59 Å². The Morgan fingerprint density at radius 3 is 2.61 bits per heavy atom. The van der Waals surface area contributed by atoms with Gasteiger partial charge in [-0.05, 0) is 30.9 Å². The third-order valence-electron chi connectivity index (χ3n) is 4.80. The molecule has 5 nitrogen and oxygen atoms in total. The summed E-state index contributed by atoms with van der Waals surface area (Å²) < 4.78 is 0. The van der Waals surface area contributed by atoms with E-state index in [1.807, 2.05) is 32.0 Å². The van der Waals surface area contributed by atoms with E-state index < -0.39 is 0 Å². The summed E-state index contributed by atoms with van der Waals surface area (Å²) in [7, 11) is 0. The van der Waals surface area contributed by atoms with Crippen molar-refractivity contribution in [3.8, 4) is 0 Å². The quantitative estimate of drug-likeness (QED) is 0.901. The number of hydrogen-bond donors (Lipinski definition) is 2. The first-order valence-corrected chi connectivity index (χ1v) is 8.57. The molecule has 0 radical (unpaired) electrons. The summed E-state index contributed by atoms with van der Waals surface area (Å²) in [5, 5.41) is 4.87. The zero-order valence-electron chi connectivity index (χ0n) is 13.8. The standard InChI is InChI=1S/C18H25N3O2/c1-12(2)16-19-15-11-7-6-10-14(15)18(23)21(16)20-17(22)13-8-4-3-5-9-13/h6-7,10-13,16,19H,3-5,8-9H2,1-2H3,(H,20,22). The maximum absolute atomic E-state index is 12.8. The number of nitrogens with zero attached hydrogens (tertiary/aromatic N) is 1. The molecular weight excluding hydrogens is 290 g/mol. The van der Waals surface area contributed by atoms with Gasteiger partial charge in [-0.2, -0.15) is 0 Å². The number of carbonyl (C=O) groups excluding carboxylic acids is 2. The van der Waals surface area contributed by atoms with Gasteiger partial charge in [0.05, 0.1) is 5.56 Å². The number of anilines is 1. The Morgan fingerprint density at radius 1 is 1.22 bits per heavy atom. The van der Waals surface area contributed by atoms with E-state index in [2.05, 4.69) is 10.7 Å². The molecule has 1 aromatic carbocycles. The molecule has 2 amide bonds. The van der Waals surface area contributed by atoms with Gasteiger partial charge in [-0.15, -0.1) is 0 Å². The van der Waals surface area contributed by atoms with Crippen LogP contribution in [0.4, 0.5) is 5.69 Å². The first kappa shape index (κ1) is 15.8. The number of rotatable bonds is 3. The largest absolute Gasteiger partial charge is 0.363 e. The third kappa shape index (κ3) is 3.19. The van der Waals surface area contributed by atoms with E-state index in [0.717, 1.165) is 31.4 Å². The van der Waals surface area contributed by atoms with Gasteiger partial charge in [0.15, 0.2) is 0 Å². The van der Waals surface area contributed by atoms with Gasteiger partial charge in [0.2, 0.25) is 5.91 Å². The van der Waals surface area contributed by atoms with E-state index in [4.69, 9.17) is 0 Å². The van der Waals surface area contributed by atoms with Crippen LogP contribution >= 0.6 is 0 Å². The van der Waals surface area contributed by atoms with Crippen LogP contribution in [-0.4, -0.2) is 23.0 Å². The van der Waals surface area contributed by atoms with E-state index in [-0.39, 0.29) is 29.8 Å². The van der Waals surface area contributed by atoms with Crippen molar-refractivity contribution in [3.63, 3.8) is 0 Å². The van der Waals surface area contributed by atoms with Crippen molar-refractivity contribution >= 4 is 17.5 Å². The predicted octanol–water partition coefficient (Wildman–Crippen LogP) is 3.15. The normalized spacial score (nSPS) is 21.8. The van der Waals surface area contributed by atoms with Crippen LogP contribution in [0.2, 0.25) is 0 Å². The van der Waals surface area contributed by atoms with Gasteiger partial charge in [-0.3, -0.25) is 15.0 Å². The topological polar surface area (TPSA) is 61.4 Å². The molecule has 1 fully saturated rings. The van der Waals surface area contributed by atoms with Gasteiger partial charge < -0.3 is 5.32 Å². The number of benzene rings is 1. The Balaban J connectivity index is 1.80. The molecule has 23 heavy (non-hydrogen) atoms. The Labute approximate surface area is 137 Å². The Bertz CT molecular complexity index is 594. The van der Waals surface area contributed by atoms with E-state index in [1.165, 1.54) is 11.4 Å². The van der Waals surface area contributed by atoms with Crippen LogP contribution in [-0.2, 0) is 4.79 Å². The van der Waals surface area contributed by atoms with E-state index in [0.29, 0.717) is 5.56 Å². The van der Waals surface area contributed by atoms with Gasteiger partial charge in [0, 0.05) is 11.6 Å². The van der Waals surface area contributed by atoms with E-state index >= 15 is 0 Å². The summed E-state index contributed by atoms with van der Waals surface area (Å²) in [6.45, 7) is 4.08. The summed E-state index contributed by atoms with van der Waals surface area (Å²) in [4.78, 5) is 25.4. The molecule has 1 aliphatic heterocycles. The number of nitrogens with one attached hydrogen (secondary N) is 2. The van der Waals surface area contributed by atoms with Gasteiger partial charge in [-0.1, -0.05) is 45.2 Å². The lowest BCUT2D eigenvalue weighted by molar-refractivity contribution is -0.131. The zero-order valence-corrected chi connectivity index (χ0v) is 13.8. The van der Waals surface area contributed by atoms with Crippen LogP contribution in [0.1, 0.15) is 56.3 Å². The van der Waals surface area contributed by atoms with Crippen LogP contribution in [0, 0.1) is 11.8 Å². The molecule has 1 unspecified atom stereocenters. The first-order valence-electron chi connectivity index (χ1n) is 8.57. The number of fused-ring (bicyclic) bond motifs is 1. The SMILES string of the molecule is CC(C)C1Nc2ccccc2C(=O)N1NC(=O)C1CCCCC1. The van der Waals surface area contributed by atoms with Crippen molar-refractivity contribution in [1.82, 2.24) is 10.4 Å². The number of hydrogen-bond acceptors (Lipinski definition) is 3. The minimum atomic E-state index is -0.232. The molecule has 3 rings (SSSR count). The van der Waals surface area contributed by atoms with Crippen molar-refractivity contribution in [2.45, 2.75) is 52.1 Å². The molecule has 2 N–H and O–H groups in total. The summed E-state index contributed by atoms with van der Waals surface area (Å²) in [5.74, 6) is 0.0487. The third-order valence-corrected chi connectivity index (χ3v) is 4.80. The van der Waals surface area contributed by atoms with Gasteiger partial charge in [0.25, 0.3) is 5.91 Å². The molecule has 2 aliphatic rings. The van der Waals surface area contributed by atoms with E-state index in [1.54, 1.807) is 6.07 Å². The van der Waals surface area contributed by atoms with Crippen LogP contribution < -0.4 is 10.7 Å². The molecule has 0 aromatic heterocycles. The lowest BCUT2D eigenvalue weighted by Gasteiger charge is -2.40. The van der Waals surface area contributed by atoms with Crippen molar-refractivity contribution in [1.29, 1.82) is 0 Å². The highest BCUT2D eigenvalue weighted by Gasteiger charge is 2.36. The monoisotopic (exact) mass is 315 g/mol. The molecule has 1 heterocycles. The number of carbonyl (C=O) groups is 2. The molecule has 1 atom stereocenters. The molecule has 1 aliphatic carbocycles. The predicted molar refractivity (Wildman–Crippen MR) is 89.6 cm³/mol. The maximum atomic E-state index is 12.8. The van der Waals surface area contributed by atoms with Gasteiger partial charge >= 0.3 is 0 Å². The second-order valence-electron chi connectivity index (χ2n) is 6.86. The van der Waals surface area contributed by atoms with Crippen LogP contribution in [0.5, 0.6) is 0 Å². The van der Waals surface area contributed by atoms with Gasteiger partial charge in [0.1, 0.15) is 6.17 Å². The van der Waals surface area contributed by atoms with Crippen molar-refractivity contribution in [2.24, 2.45) is 11.8 Å². The fourth-order valence-electron chi connectivity index (χ4n) is 3.44. The van der Waals surface area contributed by atoms with Crippen LogP contribution in [0.25, 0.3) is 0 Å². The number of hydrazine groups is 1. The first-order chi connectivity index (χ1) is 11.1. The summed E-state index contributed by atoms with van der Waals surface area (Å²) in [5.41, 5.74) is 4.33. The highest BCUT2D eigenvalue weighted by Crippen LogP contribution is 2.28. The summed E-state index contributed by atoms with van der Waals surface area (Å²) >= 11 is 0. The minimum absolute atomic E-state index is 0.0233. The Morgan fingerprint density at radius 2 is 1.91 bits per heavy atom. The molecular formula is C18H25N3O2. The smallest absolute Gasteiger partial charge is 0.276 e. The van der Waals surface area contributed by atoms with Crippen molar-refractivity contribution in [3.05, 3.63) is 29.8 Å². The molecule has 0 saturated heterocycles. The second-order valence-corrected chi connectivity index (χ2v) is 6.86. The molecule has 5 heteroatoms. The molecule has 1 saturated carbocycles. The van der Waals surface area contributed by atoms with Gasteiger partial charge in [-0.25, -0.2) is 5.01 Å². The Hall–Kier alpha value is -2.04. The molecule has 1 aromatic rings. The molecule has 0 bridgehead atoms. The number of para-hydroxylation sites is 1. The average Bonchev–Trinajstić information content (AvgIpc) is 2.57. The summed E-state index contributed by atoms with van der Waals surface area (Å²) in [6, 6.07) is 7.45. The zero-order chi connectivity index (χ0) is 16.4. The van der Waals surface area contributed by atoms with Crippen molar-refractivity contribution < 1.29 is 9.59 Å². The highest BCUT2D eigenvalue weighted by molar-refractivity contribution is 6.02. The second kappa shape index (κ2) is 6.60. The minimum Gasteiger partial charge on any atom is -0.363 e.